The van der Waals surface area contributed by atoms with E-state index in [0.29, 0.717) is 22.6 Å². The van der Waals surface area contributed by atoms with Crippen LogP contribution in [0.5, 0.6) is 11.5 Å². The van der Waals surface area contributed by atoms with Crippen LogP contribution >= 0.6 is 11.8 Å². The van der Waals surface area contributed by atoms with Gasteiger partial charge in [-0.05, 0) is 42.7 Å². The predicted octanol–water partition coefficient (Wildman–Crippen LogP) is 3.86. The lowest BCUT2D eigenvalue weighted by Crippen LogP contribution is -2.00. The summed E-state index contributed by atoms with van der Waals surface area (Å²) in [5.41, 5.74) is 0.949. The van der Waals surface area contributed by atoms with Gasteiger partial charge in [0.15, 0.2) is 0 Å². The molecule has 2 aromatic carbocycles. The zero-order chi connectivity index (χ0) is 15.2. The topological polar surface area (TPSA) is 59.3 Å². The van der Waals surface area contributed by atoms with Crippen LogP contribution in [0.15, 0.2) is 47.4 Å². The van der Waals surface area contributed by atoms with Gasteiger partial charge < -0.3 is 9.47 Å². The number of carbonyl (C=O) groups is 1. The van der Waals surface area contributed by atoms with E-state index in [4.69, 9.17) is 4.74 Å². The highest BCUT2D eigenvalue weighted by molar-refractivity contribution is 7.98. The van der Waals surface area contributed by atoms with Crippen molar-refractivity contribution in [1.29, 1.82) is 5.26 Å². The smallest absolute Gasteiger partial charge is 0.337 e. The summed E-state index contributed by atoms with van der Waals surface area (Å²) < 4.78 is 10.4. The van der Waals surface area contributed by atoms with Gasteiger partial charge in [0, 0.05) is 4.90 Å². The van der Waals surface area contributed by atoms with Crippen LogP contribution in [0.25, 0.3) is 0 Å². The number of rotatable bonds is 4. The van der Waals surface area contributed by atoms with E-state index in [0.717, 1.165) is 4.90 Å². The number of thioether (sulfide) groups is 1. The first kappa shape index (κ1) is 14.9. The van der Waals surface area contributed by atoms with Crippen molar-refractivity contribution in [3.8, 4) is 17.6 Å². The number of hydrogen-bond donors (Lipinski definition) is 0. The summed E-state index contributed by atoms with van der Waals surface area (Å²) in [5.74, 6) is 0.649. The Morgan fingerprint density at radius 3 is 2.48 bits per heavy atom. The molecule has 0 fully saturated rings. The van der Waals surface area contributed by atoms with E-state index in [2.05, 4.69) is 10.8 Å². The Bertz CT molecular complexity index is 690. The number of nitrogens with zero attached hydrogens (tertiary/aromatic N) is 1. The number of carbonyl (C=O) groups excluding carboxylic acids is 1. The van der Waals surface area contributed by atoms with Gasteiger partial charge in [0.25, 0.3) is 0 Å². The van der Waals surface area contributed by atoms with Crippen LogP contribution in [0, 0.1) is 11.3 Å². The van der Waals surface area contributed by atoms with Crippen LogP contribution < -0.4 is 4.74 Å². The fourth-order valence-corrected chi connectivity index (χ4v) is 2.35. The van der Waals surface area contributed by atoms with Crippen LogP contribution in [0.1, 0.15) is 15.9 Å². The molecule has 21 heavy (non-hydrogen) atoms. The summed E-state index contributed by atoms with van der Waals surface area (Å²) >= 11 is 1.49. The lowest BCUT2D eigenvalue weighted by molar-refractivity contribution is 0.0600. The molecule has 2 rings (SSSR count). The Kier molecular flexibility index (Phi) is 4.85. The van der Waals surface area contributed by atoms with E-state index >= 15 is 0 Å². The first-order valence-electron chi connectivity index (χ1n) is 6.13. The molecule has 0 aliphatic carbocycles. The number of benzene rings is 2. The molecule has 2 aromatic rings. The van der Waals surface area contributed by atoms with Crippen molar-refractivity contribution in [2.24, 2.45) is 0 Å². The SMILES string of the molecule is COC(=O)c1ccc(Oc2cccc(SC)c2C#N)cc1. The highest BCUT2D eigenvalue weighted by Gasteiger charge is 2.10. The highest BCUT2D eigenvalue weighted by Crippen LogP contribution is 2.31. The molecule has 0 saturated heterocycles. The summed E-state index contributed by atoms with van der Waals surface area (Å²) in [4.78, 5) is 12.2. The molecule has 0 aromatic heterocycles. The first-order chi connectivity index (χ1) is 10.2. The predicted molar refractivity (Wildman–Crippen MR) is 80.8 cm³/mol. The Morgan fingerprint density at radius 1 is 1.19 bits per heavy atom. The van der Waals surface area contributed by atoms with Crippen molar-refractivity contribution >= 4 is 17.7 Å². The quantitative estimate of drug-likeness (QED) is 0.633. The highest BCUT2D eigenvalue weighted by atomic mass is 32.2. The van der Waals surface area contributed by atoms with E-state index in [-0.39, 0.29) is 0 Å². The van der Waals surface area contributed by atoms with Gasteiger partial charge in [-0.1, -0.05) is 6.07 Å². The van der Waals surface area contributed by atoms with Gasteiger partial charge >= 0.3 is 5.97 Å². The molecule has 0 amide bonds. The molecule has 0 saturated carbocycles. The monoisotopic (exact) mass is 299 g/mol. The van der Waals surface area contributed by atoms with E-state index in [9.17, 15) is 10.1 Å². The Labute approximate surface area is 127 Å². The summed E-state index contributed by atoms with van der Waals surface area (Å²) in [6.45, 7) is 0. The number of methoxy groups -OCH3 is 1. The molecule has 4 nitrogen and oxygen atoms in total. The molecule has 0 aliphatic rings. The van der Waals surface area contributed by atoms with Gasteiger partial charge in [-0.3, -0.25) is 0 Å². The van der Waals surface area contributed by atoms with Gasteiger partial charge in [0.05, 0.1) is 12.7 Å². The first-order valence-corrected chi connectivity index (χ1v) is 7.35. The molecule has 0 N–H and O–H groups in total. The maximum atomic E-state index is 11.4. The Morgan fingerprint density at radius 2 is 1.90 bits per heavy atom. The molecule has 0 aliphatic heterocycles. The fraction of sp³-hybridized carbons (Fsp3) is 0.125. The Hall–Kier alpha value is -2.45. The van der Waals surface area contributed by atoms with Crippen molar-refractivity contribution in [1.82, 2.24) is 0 Å². The van der Waals surface area contributed by atoms with Crippen molar-refractivity contribution in [2.75, 3.05) is 13.4 Å². The van der Waals surface area contributed by atoms with E-state index in [1.807, 2.05) is 18.4 Å². The number of esters is 1. The molecule has 0 heterocycles. The summed E-state index contributed by atoms with van der Waals surface area (Å²) in [6, 6.07) is 14.2. The van der Waals surface area contributed by atoms with Crippen molar-refractivity contribution in [3.05, 3.63) is 53.6 Å². The molecule has 5 heteroatoms. The van der Waals surface area contributed by atoms with E-state index in [1.165, 1.54) is 18.9 Å². The third-order valence-corrected chi connectivity index (χ3v) is 3.60. The minimum atomic E-state index is -0.399. The third kappa shape index (κ3) is 3.36. The Balaban J connectivity index is 2.27. The lowest BCUT2D eigenvalue weighted by atomic mass is 10.2. The summed E-state index contributed by atoms with van der Waals surface area (Å²) in [5, 5.41) is 9.25. The molecule has 0 unspecified atom stereocenters. The van der Waals surface area contributed by atoms with Gasteiger partial charge in [0.2, 0.25) is 0 Å². The molecule has 0 bridgehead atoms. The molecule has 106 valence electrons. The van der Waals surface area contributed by atoms with Crippen LogP contribution in [-0.4, -0.2) is 19.3 Å². The molecular formula is C16H13NO3S. The zero-order valence-electron chi connectivity index (χ0n) is 11.6. The van der Waals surface area contributed by atoms with Crippen LogP contribution in [-0.2, 0) is 4.74 Å². The lowest BCUT2D eigenvalue weighted by Gasteiger charge is -2.10. The average molecular weight is 299 g/mol. The number of hydrogen-bond acceptors (Lipinski definition) is 5. The van der Waals surface area contributed by atoms with Gasteiger partial charge in [0.1, 0.15) is 23.1 Å². The van der Waals surface area contributed by atoms with Crippen LogP contribution in [0.2, 0.25) is 0 Å². The minimum absolute atomic E-state index is 0.399. The van der Waals surface area contributed by atoms with Crippen LogP contribution in [0.3, 0.4) is 0 Å². The van der Waals surface area contributed by atoms with Gasteiger partial charge in [-0.25, -0.2) is 4.79 Å². The second kappa shape index (κ2) is 6.82. The number of ether oxygens (including phenoxy) is 2. The fourth-order valence-electron chi connectivity index (χ4n) is 1.78. The van der Waals surface area contributed by atoms with Gasteiger partial charge in [-0.15, -0.1) is 11.8 Å². The maximum Gasteiger partial charge on any atom is 0.337 e. The normalized spacial score (nSPS) is 9.76. The van der Waals surface area contributed by atoms with Crippen LogP contribution in [0.4, 0.5) is 0 Å². The van der Waals surface area contributed by atoms with E-state index < -0.39 is 5.97 Å². The molecule has 0 spiro atoms. The third-order valence-electron chi connectivity index (χ3n) is 2.82. The van der Waals surface area contributed by atoms with Crippen molar-refractivity contribution < 1.29 is 14.3 Å². The van der Waals surface area contributed by atoms with Crippen molar-refractivity contribution in [3.63, 3.8) is 0 Å². The van der Waals surface area contributed by atoms with E-state index in [1.54, 1.807) is 30.3 Å². The largest absolute Gasteiger partial charge is 0.465 e. The zero-order valence-corrected chi connectivity index (χ0v) is 12.4. The standard InChI is InChI=1S/C16H13NO3S/c1-19-16(18)11-6-8-12(9-7-11)20-14-4-3-5-15(21-2)13(14)10-17/h3-9H,1-2H3. The minimum Gasteiger partial charge on any atom is -0.465 e. The average Bonchev–Trinajstić information content (AvgIpc) is 2.54. The molecular weight excluding hydrogens is 286 g/mol. The molecule has 0 atom stereocenters. The molecule has 0 radical (unpaired) electrons. The number of nitriles is 1. The van der Waals surface area contributed by atoms with Crippen molar-refractivity contribution in [2.45, 2.75) is 4.90 Å². The summed E-state index contributed by atoms with van der Waals surface area (Å²) in [7, 11) is 1.33. The summed E-state index contributed by atoms with van der Waals surface area (Å²) in [6.07, 6.45) is 1.91. The van der Waals surface area contributed by atoms with Gasteiger partial charge in [-0.2, -0.15) is 5.26 Å². The second-order valence-electron chi connectivity index (χ2n) is 4.06. The second-order valence-corrected chi connectivity index (χ2v) is 4.91. The maximum absolute atomic E-state index is 11.4.